The lowest BCUT2D eigenvalue weighted by atomic mass is 9.97. The minimum absolute atomic E-state index is 0.104. The van der Waals surface area contributed by atoms with Crippen LogP contribution in [0.25, 0.3) is 0 Å². The maximum atomic E-state index is 11.8. The van der Waals surface area contributed by atoms with Crippen LogP contribution in [0.4, 0.5) is 10.5 Å². The number of hydrogen-bond donors (Lipinski definition) is 2. The Balaban J connectivity index is 1.91. The van der Waals surface area contributed by atoms with E-state index in [9.17, 15) is 4.79 Å². The summed E-state index contributed by atoms with van der Waals surface area (Å²) >= 11 is 0. The number of carbonyl (C=O) groups is 1. The molecule has 1 aliphatic heterocycles. The van der Waals surface area contributed by atoms with Gasteiger partial charge in [-0.1, -0.05) is 13.0 Å². The van der Waals surface area contributed by atoms with Gasteiger partial charge in [0.05, 0.1) is 11.6 Å². The molecule has 2 rings (SSSR count). The summed E-state index contributed by atoms with van der Waals surface area (Å²) in [5.74, 6) is 0.359. The van der Waals surface area contributed by atoms with E-state index in [1.807, 2.05) is 6.07 Å². The number of nitriles is 1. The van der Waals surface area contributed by atoms with Gasteiger partial charge in [0.15, 0.2) is 0 Å². The first kappa shape index (κ1) is 13.4. The minimum Gasteiger partial charge on any atom is -0.444 e. The van der Waals surface area contributed by atoms with Gasteiger partial charge in [0.25, 0.3) is 0 Å². The Labute approximate surface area is 112 Å². The summed E-state index contributed by atoms with van der Waals surface area (Å²) in [6, 6.07) is 8.77. The Morgan fingerprint density at radius 1 is 1.58 bits per heavy atom. The van der Waals surface area contributed by atoms with Crippen molar-refractivity contribution >= 4 is 11.8 Å². The molecule has 2 unspecified atom stereocenters. The topological polar surface area (TPSA) is 74.2 Å². The SMILES string of the molecule is CC1CCNCC1OC(=O)Nc1cccc(C#N)c1. The summed E-state index contributed by atoms with van der Waals surface area (Å²) in [6.07, 6.45) is 0.422. The van der Waals surface area contributed by atoms with Gasteiger partial charge in [-0.2, -0.15) is 5.26 Å². The molecule has 1 aromatic carbocycles. The zero-order valence-corrected chi connectivity index (χ0v) is 10.8. The fourth-order valence-corrected chi connectivity index (χ4v) is 2.07. The number of benzene rings is 1. The molecular formula is C14H17N3O2. The second-order valence-electron chi connectivity index (χ2n) is 4.73. The van der Waals surface area contributed by atoms with Crippen molar-refractivity contribution in [2.75, 3.05) is 18.4 Å². The number of carbonyl (C=O) groups excluding carboxylic acids is 1. The van der Waals surface area contributed by atoms with Gasteiger partial charge >= 0.3 is 6.09 Å². The molecule has 1 aromatic rings. The molecule has 0 radical (unpaired) electrons. The Morgan fingerprint density at radius 3 is 3.16 bits per heavy atom. The number of rotatable bonds is 2. The molecule has 1 heterocycles. The molecule has 1 fully saturated rings. The summed E-state index contributed by atoms with van der Waals surface area (Å²) in [6.45, 7) is 3.73. The Bertz CT molecular complexity index is 496. The summed E-state index contributed by atoms with van der Waals surface area (Å²) < 4.78 is 5.39. The number of hydrogen-bond acceptors (Lipinski definition) is 4. The van der Waals surface area contributed by atoms with E-state index in [-0.39, 0.29) is 6.10 Å². The third kappa shape index (κ3) is 3.70. The molecule has 1 saturated heterocycles. The Hall–Kier alpha value is -2.06. The van der Waals surface area contributed by atoms with Gasteiger partial charge in [0.1, 0.15) is 6.10 Å². The van der Waals surface area contributed by atoms with Gasteiger partial charge in [-0.25, -0.2) is 4.79 Å². The number of ether oxygens (including phenoxy) is 1. The summed E-state index contributed by atoms with van der Waals surface area (Å²) in [5.41, 5.74) is 1.07. The molecule has 1 aliphatic rings. The molecule has 0 aromatic heterocycles. The highest BCUT2D eigenvalue weighted by Crippen LogP contribution is 2.16. The minimum atomic E-state index is -0.476. The third-order valence-corrected chi connectivity index (χ3v) is 3.25. The number of piperidine rings is 1. The summed E-state index contributed by atoms with van der Waals surface area (Å²) in [5, 5.41) is 14.6. The average Bonchev–Trinajstić information content (AvgIpc) is 2.41. The first-order chi connectivity index (χ1) is 9.19. The molecule has 0 bridgehead atoms. The van der Waals surface area contributed by atoms with Crippen LogP contribution in [-0.4, -0.2) is 25.3 Å². The van der Waals surface area contributed by atoms with Crippen molar-refractivity contribution in [2.24, 2.45) is 5.92 Å². The Morgan fingerprint density at radius 2 is 2.42 bits per heavy atom. The average molecular weight is 259 g/mol. The second kappa shape index (κ2) is 6.21. The monoisotopic (exact) mass is 259 g/mol. The number of amides is 1. The van der Waals surface area contributed by atoms with E-state index >= 15 is 0 Å². The lowest BCUT2D eigenvalue weighted by Crippen LogP contribution is -2.42. The zero-order chi connectivity index (χ0) is 13.7. The number of nitrogens with zero attached hydrogens (tertiary/aromatic N) is 1. The van der Waals surface area contributed by atoms with Crippen LogP contribution < -0.4 is 10.6 Å². The zero-order valence-electron chi connectivity index (χ0n) is 10.8. The molecular weight excluding hydrogens is 242 g/mol. The van der Waals surface area contributed by atoms with Crippen LogP contribution in [0.5, 0.6) is 0 Å². The molecule has 19 heavy (non-hydrogen) atoms. The quantitative estimate of drug-likeness (QED) is 0.853. The molecule has 1 amide bonds. The number of anilines is 1. The van der Waals surface area contributed by atoms with Crippen molar-refractivity contribution in [3.05, 3.63) is 29.8 Å². The third-order valence-electron chi connectivity index (χ3n) is 3.25. The molecule has 0 spiro atoms. The fraction of sp³-hybridized carbons (Fsp3) is 0.429. The van der Waals surface area contributed by atoms with Crippen molar-refractivity contribution in [1.29, 1.82) is 5.26 Å². The molecule has 100 valence electrons. The largest absolute Gasteiger partial charge is 0.444 e. The maximum Gasteiger partial charge on any atom is 0.411 e. The van der Waals surface area contributed by atoms with E-state index < -0.39 is 6.09 Å². The lowest BCUT2D eigenvalue weighted by Gasteiger charge is -2.29. The van der Waals surface area contributed by atoms with Crippen LogP contribution in [0.1, 0.15) is 18.9 Å². The van der Waals surface area contributed by atoms with Gasteiger partial charge < -0.3 is 10.1 Å². The fourth-order valence-electron chi connectivity index (χ4n) is 2.07. The highest BCUT2D eigenvalue weighted by Gasteiger charge is 2.24. The van der Waals surface area contributed by atoms with Gasteiger partial charge in [0.2, 0.25) is 0 Å². The second-order valence-corrected chi connectivity index (χ2v) is 4.73. The summed E-state index contributed by atoms with van der Waals surface area (Å²) in [4.78, 5) is 11.8. The van der Waals surface area contributed by atoms with Crippen molar-refractivity contribution < 1.29 is 9.53 Å². The van der Waals surface area contributed by atoms with Gasteiger partial charge in [-0.15, -0.1) is 0 Å². The first-order valence-electron chi connectivity index (χ1n) is 6.37. The van der Waals surface area contributed by atoms with Crippen LogP contribution in [-0.2, 0) is 4.74 Å². The normalized spacial score (nSPS) is 22.3. The smallest absolute Gasteiger partial charge is 0.411 e. The number of nitrogens with one attached hydrogen (secondary N) is 2. The van der Waals surface area contributed by atoms with Crippen molar-refractivity contribution in [2.45, 2.75) is 19.4 Å². The van der Waals surface area contributed by atoms with Crippen LogP contribution in [0.3, 0.4) is 0 Å². The summed E-state index contributed by atoms with van der Waals surface area (Å²) in [7, 11) is 0. The van der Waals surface area contributed by atoms with Gasteiger partial charge in [-0.3, -0.25) is 5.32 Å². The predicted octanol–water partition coefficient (Wildman–Crippen LogP) is 2.10. The van der Waals surface area contributed by atoms with Gasteiger partial charge in [0, 0.05) is 12.2 Å². The van der Waals surface area contributed by atoms with Crippen molar-refractivity contribution in [3.63, 3.8) is 0 Å². The van der Waals surface area contributed by atoms with Crippen LogP contribution in [0.15, 0.2) is 24.3 Å². The van der Waals surface area contributed by atoms with E-state index in [1.165, 1.54) is 0 Å². The predicted molar refractivity (Wildman–Crippen MR) is 71.7 cm³/mol. The van der Waals surface area contributed by atoms with Crippen molar-refractivity contribution in [3.8, 4) is 6.07 Å². The molecule has 0 aliphatic carbocycles. The van der Waals surface area contributed by atoms with Crippen molar-refractivity contribution in [1.82, 2.24) is 5.32 Å². The standard InChI is InChI=1S/C14H17N3O2/c1-10-5-6-16-9-13(10)19-14(18)17-12-4-2-3-11(7-12)8-15/h2-4,7,10,13,16H,5-6,9H2,1H3,(H,17,18). The van der Waals surface area contributed by atoms with E-state index in [0.717, 1.165) is 13.0 Å². The van der Waals surface area contributed by atoms with Crippen LogP contribution >= 0.6 is 0 Å². The molecule has 5 nitrogen and oxygen atoms in total. The Kier molecular flexibility index (Phi) is 4.37. The molecule has 0 saturated carbocycles. The van der Waals surface area contributed by atoms with Crippen LogP contribution in [0.2, 0.25) is 0 Å². The maximum absolute atomic E-state index is 11.8. The first-order valence-corrected chi connectivity index (χ1v) is 6.37. The molecule has 2 atom stereocenters. The molecule has 2 N–H and O–H groups in total. The highest BCUT2D eigenvalue weighted by molar-refractivity contribution is 5.84. The van der Waals surface area contributed by atoms with E-state index in [2.05, 4.69) is 17.6 Å². The van der Waals surface area contributed by atoms with E-state index in [1.54, 1.807) is 24.3 Å². The highest BCUT2D eigenvalue weighted by atomic mass is 16.6. The molecule has 5 heteroatoms. The van der Waals surface area contributed by atoms with E-state index in [4.69, 9.17) is 10.00 Å². The lowest BCUT2D eigenvalue weighted by molar-refractivity contribution is 0.0614. The van der Waals surface area contributed by atoms with E-state index in [0.29, 0.717) is 23.7 Å². The van der Waals surface area contributed by atoms with Gasteiger partial charge in [-0.05, 0) is 37.1 Å². The van der Waals surface area contributed by atoms with Crippen LogP contribution in [0, 0.1) is 17.2 Å².